The van der Waals surface area contributed by atoms with Crippen LogP contribution in [-0.2, 0) is 11.2 Å². The number of benzene rings is 1. The van der Waals surface area contributed by atoms with Gasteiger partial charge in [-0.15, -0.1) is 11.3 Å². The number of nitrogen functional groups attached to an aromatic ring is 1. The van der Waals surface area contributed by atoms with Gasteiger partial charge < -0.3 is 15.2 Å². The van der Waals surface area contributed by atoms with E-state index in [2.05, 4.69) is 15.5 Å². The van der Waals surface area contributed by atoms with Gasteiger partial charge in [-0.3, -0.25) is 4.79 Å². The van der Waals surface area contributed by atoms with E-state index in [1.165, 1.54) is 11.3 Å². The summed E-state index contributed by atoms with van der Waals surface area (Å²) in [5.74, 6) is 1.07. The molecule has 7 nitrogen and oxygen atoms in total. The van der Waals surface area contributed by atoms with E-state index >= 15 is 0 Å². The molecule has 8 heteroatoms. The number of ether oxygens (including phenoxy) is 2. The maximum Gasteiger partial charge on any atom is 0.246 e. The molecule has 0 unspecified atom stereocenters. The first kappa shape index (κ1) is 17.7. The van der Waals surface area contributed by atoms with Crippen LogP contribution in [0.4, 0.5) is 5.13 Å². The molecule has 1 aromatic heterocycles. The Morgan fingerprint density at radius 1 is 1.33 bits per heavy atom. The van der Waals surface area contributed by atoms with Gasteiger partial charge in [-0.25, -0.2) is 10.4 Å². The minimum atomic E-state index is -0.257. The number of carbonyl (C=O) groups excluding carboxylic acids is 1. The van der Waals surface area contributed by atoms with Gasteiger partial charge in [0.05, 0.1) is 31.5 Å². The average Bonchev–Trinajstić information content (AvgIpc) is 2.95. The summed E-state index contributed by atoms with van der Waals surface area (Å²) >= 11 is 1.30. The van der Waals surface area contributed by atoms with E-state index in [0.29, 0.717) is 35.5 Å². The van der Waals surface area contributed by atoms with E-state index in [0.717, 1.165) is 5.56 Å². The molecule has 0 atom stereocenters. The first-order valence-corrected chi connectivity index (χ1v) is 8.41. The van der Waals surface area contributed by atoms with E-state index in [4.69, 9.17) is 15.2 Å². The second-order valence-corrected chi connectivity index (χ2v) is 5.61. The Hall–Kier alpha value is -2.61. The predicted molar refractivity (Wildman–Crippen MR) is 94.7 cm³/mol. The van der Waals surface area contributed by atoms with Crippen molar-refractivity contribution < 1.29 is 14.3 Å². The zero-order chi connectivity index (χ0) is 17.4. The molecular formula is C16H20N4O3S. The number of aromatic nitrogens is 1. The molecule has 1 amide bonds. The lowest BCUT2D eigenvalue weighted by atomic mass is 10.2. The fourth-order valence-corrected chi connectivity index (χ4v) is 2.50. The molecule has 0 saturated carbocycles. The smallest absolute Gasteiger partial charge is 0.246 e. The largest absolute Gasteiger partial charge is 0.490 e. The van der Waals surface area contributed by atoms with Crippen LogP contribution in [0.15, 0.2) is 28.7 Å². The number of anilines is 1. The minimum Gasteiger partial charge on any atom is -0.490 e. The molecule has 3 N–H and O–H groups in total. The number of rotatable bonds is 8. The quantitative estimate of drug-likeness (QED) is 0.563. The molecule has 1 heterocycles. The van der Waals surface area contributed by atoms with Crippen LogP contribution in [0.2, 0.25) is 0 Å². The van der Waals surface area contributed by atoms with Crippen molar-refractivity contribution in [2.75, 3.05) is 18.9 Å². The normalized spacial score (nSPS) is 10.8. The van der Waals surface area contributed by atoms with Gasteiger partial charge in [0, 0.05) is 5.38 Å². The third-order valence-electron chi connectivity index (χ3n) is 2.88. The predicted octanol–water partition coefficient (Wildman–Crippen LogP) is 2.22. The van der Waals surface area contributed by atoms with Gasteiger partial charge in [0.25, 0.3) is 0 Å². The SMILES string of the molecule is CCOc1ccc(/C=N/NC(=O)Cc2csc(N)n2)cc1OCC. The van der Waals surface area contributed by atoms with Crippen molar-refractivity contribution in [2.45, 2.75) is 20.3 Å². The summed E-state index contributed by atoms with van der Waals surface area (Å²) in [7, 11) is 0. The summed E-state index contributed by atoms with van der Waals surface area (Å²) in [6.45, 7) is 4.91. The molecule has 0 bridgehead atoms. The van der Waals surface area contributed by atoms with E-state index in [-0.39, 0.29) is 12.3 Å². The molecular weight excluding hydrogens is 328 g/mol. The lowest BCUT2D eigenvalue weighted by Gasteiger charge is -2.11. The number of carbonyl (C=O) groups is 1. The highest BCUT2D eigenvalue weighted by Gasteiger charge is 2.07. The van der Waals surface area contributed by atoms with E-state index in [1.807, 2.05) is 32.0 Å². The Balaban J connectivity index is 1.95. The van der Waals surface area contributed by atoms with Crippen molar-refractivity contribution in [3.05, 3.63) is 34.8 Å². The Morgan fingerprint density at radius 2 is 2.08 bits per heavy atom. The first-order chi connectivity index (χ1) is 11.6. The molecule has 0 fully saturated rings. The lowest BCUT2D eigenvalue weighted by Crippen LogP contribution is -2.19. The molecule has 128 valence electrons. The van der Waals surface area contributed by atoms with Gasteiger partial charge in [-0.05, 0) is 37.6 Å². The van der Waals surface area contributed by atoms with E-state index in [9.17, 15) is 4.79 Å². The molecule has 1 aromatic carbocycles. The standard InChI is InChI=1S/C16H20N4O3S/c1-3-22-13-6-5-11(7-14(13)23-4-2)9-18-20-15(21)8-12-10-24-16(17)19-12/h5-7,9-10H,3-4,8H2,1-2H3,(H2,17,19)(H,20,21)/b18-9+. The van der Waals surface area contributed by atoms with Crippen molar-refractivity contribution in [3.63, 3.8) is 0 Å². The van der Waals surface area contributed by atoms with Crippen molar-refractivity contribution in [1.82, 2.24) is 10.4 Å². The molecule has 0 aliphatic heterocycles. The summed E-state index contributed by atoms with van der Waals surface area (Å²) < 4.78 is 11.0. The van der Waals surface area contributed by atoms with Crippen molar-refractivity contribution in [2.24, 2.45) is 5.10 Å². The molecule has 24 heavy (non-hydrogen) atoms. The number of amides is 1. The van der Waals surface area contributed by atoms with Crippen LogP contribution in [-0.4, -0.2) is 30.3 Å². The molecule has 0 spiro atoms. The van der Waals surface area contributed by atoms with Crippen LogP contribution < -0.4 is 20.6 Å². The number of nitrogens with one attached hydrogen (secondary N) is 1. The highest BCUT2D eigenvalue weighted by molar-refractivity contribution is 7.13. The van der Waals surface area contributed by atoms with Gasteiger partial charge in [-0.1, -0.05) is 0 Å². The lowest BCUT2D eigenvalue weighted by molar-refractivity contribution is -0.120. The topological polar surface area (TPSA) is 98.8 Å². The minimum absolute atomic E-state index is 0.137. The van der Waals surface area contributed by atoms with E-state index < -0.39 is 0 Å². The summed E-state index contributed by atoms with van der Waals surface area (Å²) in [6, 6.07) is 5.46. The van der Waals surface area contributed by atoms with Crippen LogP contribution in [0, 0.1) is 0 Å². The van der Waals surface area contributed by atoms with Crippen molar-refractivity contribution in [1.29, 1.82) is 0 Å². The maximum absolute atomic E-state index is 11.8. The molecule has 0 aliphatic carbocycles. The van der Waals surface area contributed by atoms with Gasteiger partial charge in [0.1, 0.15) is 0 Å². The summed E-state index contributed by atoms with van der Waals surface area (Å²) in [6.07, 6.45) is 1.68. The second-order valence-electron chi connectivity index (χ2n) is 4.72. The van der Waals surface area contributed by atoms with Gasteiger partial charge in [0.2, 0.25) is 5.91 Å². The molecule has 2 aromatic rings. The number of hydrazone groups is 1. The third-order valence-corrected chi connectivity index (χ3v) is 3.60. The number of nitrogens with zero attached hydrogens (tertiary/aromatic N) is 2. The summed E-state index contributed by atoms with van der Waals surface area (Å²) in [5.41, 5.74) is 9.41. The Labute approximate surface area is 144 Å². The molecule has 2 rings (SSSR count). The molecule has 0 radical (unpaired) electrons. The second kappa shape index (κ2) is 8.88. The van der Waals surface area contributed by atoms with Gasteiger partial charge >= 0.3 is 0 Å². The molecule has 0 aliphatic rings. The van der Waals surface area contributed by atoms with Gasteiger partial charge in [0.15, 0.2) is 16.6 Å². The Morgan fingerprint density at radius 3 is 2.75 bits per heavy atom. The van der Waals surface area contributed by atoms with E-state index in [1.54, 1.807) is 11.6 Å². The summed E-state index contributed by atoms with van der Waals surface area (Å²) in [4.78, 5) is 15.8. The monoisotopic (exact) mass is 348 g/mol. The van der Waals surface area contributed by atoms with Gasteiger partial charge in [-0.2, -0.15) is 5.10 Å². The van der Waals surface area contributed by atoms with Crippen LogP contribution in [0.25, 0.3) is 0 Å². The Kier molecular flexibility index (Phi) is 6.56. The van der Waals surface area contributed by atoms with Crippen molar-refractivity contribution >= 4 is 28.6 Å². The zero-order valence-electron chi connectivity index (χ0n) is 13.6. The molecule has 0 saturated heterocycles. The number of thiazole rings is 1. The number of hydrogen-bond donors (Lipinski definition) is 2. The fraction of sp³-hybridized carbons (Fsp3) is 0.312. The first-order valence-electron chi connectivity index (χ1n) is 7.53. The average molecular weight is 348 g/mol. The number of nitrogens with two attached hydrogens (primary N) is 1. The van der Waals surface area contributed by atoms with Crippen LogP contribution in [0.1, 0.15) is 25.1 Å². The highest BCUT2D eigenvalue weighted by atomic mass is 32.1. The summed E-state index contributed by atoms with van der Waals surface area (Å²) in [5, 5.41) is 6.14. The van der Waals surface area contributed by atoms with Crippen LogP contribution >= 0.6 is 11.3 Å². The fourth-order valence-electron chi connectivity index (χ4n) is 1.93. The third kappa shape index (κ3) is 5.24. The Bertz CT molecular complexity index is 715. The zero-order valence-corrected chi connectivity index (χ0v) is 14.4. The van der Waals surface area contributed by atoms with Crippen molar-refractivity contribution in [3.8, 4) is 11.5 Å². The maximum atomic E-state index is 11.8. The van der Waals surface area contributed by atoms with Crippen LogP contribution in [0.3, 0.4) is 0 Å². The highest BCUT2D eigenvalue weighted by Crippen LogP contribution is 2.27. The number of hydrogen-bond acceptors (Lipinski definition) is 7. The van der Waals surface area contributed by atoms with Crippen LogP contribution in [0.5, 0.6) is 11.5 Å².